The molecule has 4 nitrogen and oxygen atoms in total. The fourth-order valence-corrected chi connectivity index (χ4v) is 3.14. The summed E-state index contributed by atoms with van der Waals surface area (Å²) in [6.07, 6.45) is 1.12. The van der Waals surface area contributed by atoms with Crippen molar-refractivity contribution >= 4 is 28.8 Å². The minimum Gasteiger partial charge on any atom is -0.394 e. The van der Waals surface area contributed by atoms with Gasteiger partial charge in [0.05, 0.1) is 24.8 Å². The Hall–Kier alpha value is -1.43. The average Bonchev–Trinajstić information content (AvgIpc) is 3.00. The van der Waals surface area contributed by atoms with Gasteiger partial charge in [-0.1, -0.05) is 44.0 Å². The summed E-state index contributed by atoms with van der Waals surface area (Å²) in [5, 5.41) is 15.7. The third-order valence-corrected chi connectivity index (χ3v) is 5.05. The lowest BCUT2D eigenvalue weighted by atomic mass is 10.00. The molecule has 0 unspecified atom stereocenters. The van der Waals surface area contributed by atoms with E-state index >= 15 is 0 Å². The third-order valence-electron chi connectivity index (χ3n) is 3.86. The first-order valence-electron chi connectivity index (χ1n) is 7.64. The van der Waals surface area contributed by atoms with Gasteiger partial charge < -0.3 is 10.4 Å². The van der Waals surface area contributed by atoms with Crippen LogP contribution in [-0.4, -0.2) is 28.6 Å². The van der Waals surface area contributed by atoms with Crippen molar-refractivity contribution in [3.05, 3.63) is 40.4 Å². The largest absolute Gasteiger partial charge is 0.394 e. The summed E-state index contributed by atoms with van der Waals surface area (Å²) in [7, 11) is 0. The summed E-state index contributed by atoms with van der Waals surface area (Å²) >= 11 is 7.38. The first kappa shape index (κ1) is 17.9. The number of rotatable bonds is 7. The smallest absolute Gasteiger partial charge is 0.226 e. The number of amides is 1. The van der Waals surface area contributed by atoms with Crippen molar-refractivity contribution in [2.75, 3.05) is 6.61 Å². The van der Waals surface area contributed by atoms with Crippen LogP contribution in [0.15, 0.2) is 29.6 Å². The molecule has 2 rings (SSSR count). The van der Waals surface area contributed by atoms with Gasteiger partial charge in [-0.25, -0.2) is 4.98 Å². The number of benzene rings is 1. The van der Waals surface area contributed by atoms with E-state index in [9.17, 15) is 9.90 Å². The number of hydrogen-bond donors (Lipinski definition) is 2. The quantitative estimate of drug-likeness (QED) is 0.801. The molecule has 0 aliphatic heterocycles. The van der Waals surface area contributed by atoms with Crippen LogP contribution in [0.2, 0.25) is 5.02 Å². The van der Waals surface area contributed by atoms with Crippen LogP contribution >= 0.6 is 22.9 Å². The Bertz CT molecular complexity index is 642. The molecular weight excluding hydrogens is 332 g/mol. The number of carbonyl (C=O) groups is 1. The van der Waals surface area contributed by atoms with Gasteiger partial charge in [0.15, 0.2) is 0 Å². The Balaban J connectivity index is 1.98. The molecule has 1 aromatic carbocycles. The maximum absolute atomic E-state index is 12.1. The van der Waals surface area contributed by atoms with Gasteiger partial charge in [0.25, 0.3) is 0 Å². The summed E-state index contributed by atoms with van der Waals surface area (Å²) in [5.74, 6) is 0.126. The van der Waals surface area contributed by atoms with Crippen molar-refractivity contribution in [3.8, 4) is 10.6 Å². The molecule has 2 aromatic rings. The van der Waals surface area contributed by atoms with Crippen LogP contribution in [0.3, 0.4) is 0 Å². The highest BCUT2D eigenvalue weighted by Crippen LogP contribution is 2.25. The molecule has 23 heavy (non-hydrogen) atoms. The number of nitrogens with zero attached hydrogens (tertiary/aromatic N) is 1. The zero-order chi connectivity index (χ0) is 16.8. The molecule has 0 fully saturated rings. The number of nitrogens with one attached hydrogen (secondary N) is 1. The Labute approximate surface area is 145 Å². The van der Waals surface area contributed by atoms with Crippen LogP contribution in [-0.2, 0) is 11.2 Å². The first-order chi connectivity index (χ1) is 11.0. The Morgan fingerprint density at radius 3 is 2.70 bits per heavy atom. The van der Waals surface area contributed by atoms with Gasteiger partial charge in [0.2, 0.25) is 5.91 Å². The molecule has 2 atom stereocenters. The number of aliphatic hydroxyl groups excluding tert-OH is 1. The van der Waals surface area contributed by atoms with E-state index in [4.69, 9.17) is 11.6 Å². The van der Waals surface area contributed by atoms with Gasteiger partial charge in [-0.3, -0.25) is 4.79 Å². The Kier molecular flexibility index (Phi) is 6.57. The van der Waals surface area contributed by atoms with Crippen molar-refractivity contribution in [1.29, 1.82) is 0 Å². The van der Waals surface area contributed by atoms with Crippen LogP contribution in [0.1, 0.15) is 26.0 Å². The zero-order valence-electron chi connectivity index (χ0n) is 13.3. The van der Waals surface area contributed by atoms with Gasteiger partial charge in [-0.15, -0.1) is 11.3 Å². The fraction of sp³-hybridized carbons (Fsp3) is 0.412. The number of hydrogen-bond acceptors (Lipinski definition) is 4. The molecule has 0 spiro atoms. The van der Waals surface area contributed by atoms with Gasteiger partial charge in [-0.2, -0.15) is 0 Å². The van der Waals surface area contributed by atoms with E-state index in [2.05, 4.69) is 10.3 Å². The molecule has 124 valence electrons. The monoisotopic (exact) mass is 352 g/mol. The highest BCUT2D eigenvalue weighted by Gasteiger charge is 2.18. The predicted octanol–water partition coefficient (Wildman–Crippen LogP) is 3.53. The van der Waals surface area contributed by atoms with E-state index in [1.807, 2.05) is 43.5 Å². The Morgan fingerprint density at radius 1 is 1.39 bits per heavy atom. The van der Waals surface area contributed by atoms with Crippen LogP contribution in [0, 0.1) is 5.92 Å². The molecular formula is C17H21ClN2O2S. The minimum atomic E-state index is -0.207. The second kappa shape index (κ2) is 8.43. The van der Waals surface area contributed by atoms with Crippen molar-refractivity contribution in [2.24, 2.45) is 5.92 Å². The van der Waals surface area contributed by atoms with E-state index in [1.165, 1.54) is 11.3 Å². The first-order valence-corrected chi connectivity index (χ1v) is 8.89. The molecule has 0 saturated heterocycles. The SMILES string of the molecule is CC[C@H](C)[C@@H](CO)NC(=O)Cc1csc(-c2ccc(Cl)cc2)n1. The lowest BCUT2D eigenvalue weighted by Crippen LogP contribution is -2.42. The summed E-state index contributed by atoms with van der Waals surface area (Å²) in [5.41, 5.74) is 1.72. The fourth-order valence-electron chi connectivity index (χ4n) is 2.19. The average molecular weight is 353 g/mol. The molecule has 1 aromatic heterocycles. The number of thiazole rings is 1. The molecule has 0 aliphatic rings. The lowest BCUT2D eigenvalue weighted by Gasteiger charge is -2.21. The molecule has 6 heteroatoms. The molecule has 0 bridgehead atoms. The second-order valence-corrected chi connectivity index (χ2v) is 6.86. The Morgan fingerprint density at radius 2 is 2.09 bits per heavy atom. The molecule has 0 saturated carbocycles. The normalized spacial score (nSPS) is 13.6. The van der Waals surface area contributed by atoms with Gasteiger partial charge in [-0.05, 0) is 18.1 Å². The predicted molar refractivity (Wildman–Crippen MR) is 94.7 cm³/mol. The van der Waals surface area contributed by atoms with Crippen LogP contribution in [0.4, 0.5) is 0 Å². The molecule has 2 N–H and O–H groups in total. The second-order valence-electron chi connectivity index (χ2n) is 5.57. The third kappa shape index (κ3) is 5.03. The van der Waals surface area contributed by atoms with Gasteiger partial charge >= 0.3 is 0 Å². The highest BCUT2D eigenvalue weighted by atomic mass is 35.5. The van der Waals surface area contributed by atoms with Gasteiger partial charge in [0, 0.05) is 16.0 Å². The maximum Gasteiger partial charge on any atom is 0.226 e. The van der Waals surface area contributed by atoms with Crippen LogP contribution in [0.5, 0.6) is 0 Å². The van der Waals surface area contributed by atoms with Crippen LogP contribution < -0.4 is 5.32 Å². The number of halogens is 1. The van der Waals surface area contributed by atoms with Crippen molar-refractivity contribution in [1.82, 2.24) is 10.3 Å². The number of aliphatic hydroxyl groups is 1. The van der Waals surface area contributed by atoms with Crippen LogP contribution in [0.25, 0.3) is 10.6 Å². The van der Waals surface area contributed by atoms with Crippen molar-refractivity contribution < 1.29 is 9.90 Å². The van der Waals surface area contributed by atoms with E-state index in [0.717, 1.165) is 22.7 Å². The van der Waals surface area contributed by atoms with E-state index in [1.54, 1.807) is 0 Å². The maximum atomic E-state index is 12.1. The van der Waals surface area contributed by atoms with Crippen molar-refractivity contribution in [3.63, 3.8) is 0 Å². The molecule has 0 radical (unpaired) electrons. The standard InChI is InChI=1S/C17H21ClN2O2S/c1-3-11(2)15(9-21)20-16(22)8-14-10-23-17(19-14)12-4-6-13(18)7-5-12/h4-7,10-11,15,21H,3,8-9H2,1-2H3,(H,20,22)/t11-,15+/m0/s1. The summed E-state index contributed by atoms with van der Waals surface area (Å²) in [4.78, 5) is 16.6. The topological polar surface area (TPSA) is 62.2 Å². The summed E-state index contributed by atoms with van der Waals surface area (Å²) in [6, 6.07) is 7.26. The van der Waals surface area contributed by atoms with Crippen molar-refractivity contribution in [2.45, 2.75) is 32.7 Å². The summed E-state index contributed by atoms with van der Waals surface area (Å²) in [6.45, 7) is 4.01. The molecule has 0 aliphatic carbocycles. The highest BCUT2D eigenvalue weighted by molar-refractivity contribution is 7.13. The van der Waals surface area contributed by atoms with Gasteiger partial charge in [0.1, 0.15) is 5.01 Å². The number of aromatic nitrogens is 1. The minimum absolute atomic E-state index is 0.0478. The van der Waals surface area contributed by atoms with E-state index in [-0.39, 0.29) is 30.9 Å². The van der Waals surface area contributed by atoms with E-state index < -0.39 is 0 Å². The summed E-state index contributed by atoms with van der Waals surface area (Å²) < 4.78 is 0. The zero-order valence-corrected chi connectivity index (χ0v) is 14.8. The van der Waals surface area contributed by atoms with E-state index in [0.29, 0.717) is 5.02 Å². The lowest BCUT2D eigenvalue weighted by molar-refractivity contribution is -0.121. The molecule has 1 amide bonds. The molecule has 1 heterocycles. The number of carbonyl (C=O) groups excluding carboxylic acids is 1.